The van der Waals surface area contributed by atoms with E-state index in [4.69, 9.17) is 10.5 Å². The second-order valence-electron chi connectivity index (χ2n) is 4.46. The van der Waals surface area contributed by atoms with E-state index in [9.17, 15) is 4.79 Å². The van der Waals surface area contributed by atoms with E-state index in [0.29, 0.717) is 18.1 Å². The molecule has 1 aliphatic heterocycles. The van der Waals surface area contributed by atoms with Crippen molar-refractivity contribution in [1.82, 2.24) is 0 Å². The summed E-state index contributed by atoms with van der Waals surface area (Å²) in [4.78, 5) is 11.8. The van der Waals surface area contributed by atoms with Crippen molar-refractivity contribution in [3.63, 3.8) is 0 Å². The van der Waals surface area contributed by atoms with Gasteiger partial charge in [0.2, 0.25) is 0 Å². The molecule has 3 heteroatoms. The van der Waals surface area contributed by atoms with E-state index >= 15 is 0 Å². The van der Waals surface area contributed by atoms with Crippen LogP contribution in [-0.4, -0.2) is 25.0 Å². The molecule has 0 radical (unpaired) electrons. The Labute approximate surface area is 86.0 Å². The number of rotatable bonds is 4. The maximum absolute atomic E-state index is 11.8. The van der Waals surface area contributed by atoms with Gasteiger partial charge < -0.3 is 10.5 Å². The first-order chi connectivity index (χ1) is 6.61. The predicted molar refractivity (Wildman–Crippen MR) is 56.0 cm³/mol. The fraction of sp³-hybridized carbons (Fsp3) is 0.909. The molecule has 0 bridgehead atoms. The molecule has 1 atom stereocenters. The van der Waals surface area contributed by atoms with Crippen LogP contribution in [0.5, 0.6) is 0 Å². The summed E-state index contributed by atoms with van der Waals surface area (Å²) in [6.07, 6.45) is 2.29. The molecular formula is C11H21NO2. The van der Waals surface area contributed by atoms with Crippen molar-refractivity contribution in [2.45, 2.75) is 39.2 Å². The van der Waals surface area contributed by atoms with Crippen LogP contribution in [0.4, 0.5) is 0 Å². The summed E-state index contributed by atoms with van der Waals surface area (Å²) in [5.74, 6) is 0.918. The van der Waals surface area contributed by atoms with Crippen LogP contribution in [0.25, 0.3) is 0 Å². The number of nitrogens with two attached hydrogens (primary N) is 1. The third-order valence-electron chi connectivity index (χ3n) is 2.97. The lowest BCUT2D eigenvalue weighted by Crippen LogP contribution is -2.33. The molecule has 0 aromatic rings. The van der Waals surface area contributed by atoms with Gasteiger partial charge in [-0.15, -0.1) is 0 Å². The summed E-state index contributed by atoms with van der Waals surface area (Å²) >= 11 is 0. The predicted octanol–water partition coefficient (Wildman–Crippen LogP) is 1.36. The fourth-order valence-electron chi connectivity index (χ4n) is 1.65. The van der Waals surface area contributed by atoms with Gasteiger partial charge in [0.05, 0.1) is 0 Å². The summed E-state index contributed by atoms with van der Waals surface area (Å²) in [6.45, 7) is 5.57. The van der Waals surface area contributed by atoms with Crippen molar-refractivity contribution in [3.8, 4) is 0 Å². The molecule has 14 heavy (non-hydrogen) atoms. The van der Waals surface area contributed by atoms with Gasteiger partial charge in [-0.25, -0.2) is 0 Å². The molecule has 82 valence electrons. The van der Waals surface area contributed by atoms with E-state index in [2.05, 4.69) is 13.8 Å². The molecule has 0 aliphatic carbocycles. The molecule has 1 saturated heterocycles. The summed E-state index contributed by atoms with van der Waals surface area (Å²) in [6, 6.07) is 0.0188. The van der Waals surface area contributed by atoms with Gasteiger partial charge in [0, 0.05) is 31.6 Å². The van der Waals surface area contributed by atoms with Crippen molar-refractivity contribution in [2.75, 3.05) is 13.2 Å². The number of ketones is 1. The molecule has 1 aliphatic rings. The number of hydrogen-bond acceptors (Lipinski definition) is 3. The monoisotopic (exact) mass is 199 g/mol. The number of ether oxygens (including phenoxy) is 1. The van der Waals surface area contributed by atoms with E-state index in [1.54, 1.807) is 0 Å². The average Bonchev–Trinajstić information content (AvgIpc) is 2.19. The van der Waals surface area contributed by atoms with E-state index in [1.807, 2.05) is 0 Å². The van der Waals surface area contributed by atoms with Crippen molar-refractivity contribution < 1.29 is 9.53 Å². The van der Waals surface area contributed by atoms with Gasteiger partial charge in [0.1, 0.15) is 5.78 Å². The molecule has 0 amide bonds. The smallest absolute Gasteiger partial charge is 0.137 e. The van der Waals surface area contributed by atoms with Crippen LogP contribution in [0, 0.1) is 11.8 Å². The first kappa shape index (κ1) is 11.7. The Kier molecular flexibility index (Phi) is 4.55. The van der Waals surface area contributed by atoms with Crippen LogP contribution in [0.1, 0.15) is 33.1 Å². The summed E-state index contributed by atoms with van der Waals surface area (Å²) in [7, 11) is 0. The number of Topliss-reactive ketones (excluding diaryl/α,β-unsaturated/α-hetero) is 1. The van der Waals surface area contributed by atoms with Crippen LogP contribution < -0.4 is 5.73 Å². The molecule has 0 aromatic heterocycles. The highest BCUT2D eigenvalue weighted by atomic mass is 16.5. The highest BCUT2D eigenvalue weighted by molar-refractivity contribution is 5.81. The third kappa shape index (κ3) is 3.39. The van der Waals surface area contributed by atoms with Gasteiger partial charge in [-0.05, 0) is 18.8 Å². The largest absolute Gasteiger partial charge is 0.381 e. The molecule has 1 unspecified atom stereocenters. The number of hydrogen-bond donors (Lipinski definition) is 1. The molecule has 1 fully saturated rings. The minimum absolute atomic E-state index is 0.0188. The highest BCUT2D eigenvalue weighted by Crippen LogP contribution is 2.18. The molecule has 2 N–H and O–H groups in total. The summed E-state index contributed by atoms with van der Waals surface area (Å²) in [5.41, 5.74) is 5.87. The topological polar surface area (TPSA) is 52.3 Å². The zero-order chi connectivity index (χ0) is 10.6. The second kappa shape index (κ2) is 5.47. The standard InChI is InChI=1S/C11H21NO2/c1-8(2)10(12)7-11(13)9-3-5-14-6-4-9/h8-10H,3-7,12H2,1-2H3. The van der Waals surface area contributed by atoms with Crippen molar-refractivity contribution in [3.05, 3.63) is 0 Å². The highest BCUT2D eigenvalue weighted by Gasteiger charge is 2.23. The molecule has 1 rings (SSSR count). The summed E-state index contributed by atoms with van der Waals surface area (Å²) < 4.78 is 5.22. The lowest BCUT2D eigenvalue weighted by molar-refractivity contribution is -0.126. The molecular weight excluding hydrogens is 178 g/mol. The number of carbonyl (C=O) groups is 1. The van der Waals surface area contributed by atoms with Gasteiger partial charge in [-0.1, -0.05) is 13.8 Å². The molecule has 0 saturated carbocycles. The van der Waals surface area contributed by atoms with Crippen molar-refractivity contribution >= 4 is 5.78 Å². The van der Waals surface area contributed by atoms with Gasteiger partial charge in [0.15, 0.2) is 0 Å². The van der Waals surface area contributed by atoms with Crippen LogP contribution in [-0.2, 0) is 9.53 Å². The first-order valence-electron chi connectivity index (χ1n) is 5.47. The van der Waals surface area contributed by atoms with Gasteiger partial charge in [0.25, 0.3) is 0 Å². The molecule has 1 heterocycles. The van der Waals surface area contributed by atoms with E-state index in [0.717, 1.165) is 26.1 Å². The first-order valence-corrected chi connectivity index (χ1v) is 5.47. The van der Waals surface area contributed by atoms with Crippen LogP contribution in [0.3, 0.4) is 0 Å². The van der Waals surface area contributed by atoms with Gasteiger partial charge >= 0.3 is 0 Å². The Hall–Kier alpha value is -0.410. The van der Waals surface area contributed by atoms with Crippen LogP contribution in [0.2, 0.25) is 0 Å². The Morgan fingerprint density at radius 1 is 1.43 bits per heavy atom. The van der Waals surface area contributed by atoms with Crippen molar-refractivity contribution in [2.24, 2.45) is 17.6 Å². The van der Waals surface area contributed by atoms with E-state index < -0.39 is 0 Å². The lowest BCUT2D eigenvalue weighted by atomic mass is 9.89. The minimum Gasteiger partial charge on any atom is -0.381 e. The zero-order valence-corrected chi connectivity index (χ0v) is 9.16. The fourth-order valence-corrected chi connectivity index (χ4v) is 1.65. The number of carbonyl (C=O) groups excluding carboxylic acids is 1. The Morgan fingerprint density at radius 3 is 2.50 bits per heavy atom. The van der Waals surface area contributed by atoms with Crippen molar-refractivity contribution in [1.29, 1.82) is 0 Å². The maximum atomic E-state index is 11.8. The van der Waals surface area contributed by atoms with E-state index in [1.165, 1.54) is 0 Å². The lowest BCUT2D eigenvalue weighted by Gasteiger charge is -2.23. The Bertz CT molecular complexity index is 186. The molecule has 0 aromatic carbocycles. The quantitative estimate of drug-likeness (QED) is 0.743. The Balaban J connectivity index is 2.33. The zero-order valence-electron chi connectivity index (χ0n) is 9.16. The average molecular weight is 199 g/mol. The molecule has 0 spiro atoms. The Morgan fingerprint density at radius 2 is 2.00 bits per heavy atom. The van der Waals surface area contributed by atoms with Crippen LogP contribution >= 0.6 is 0 Å². The van der Waals surface area contributed by atoms with Crippen LogP contribution in [0.15, 0.2) is 0 Å². The third-order valence-corrected chi connectivity index (χ3v) is 2.97. The van der Waals surface area contributed by atoms with E-state index in [-0.39, 0.29) is 12.0 Å². The normalized spacial score (nSPS) is 21.1. The second-order valence-corrected chi connectivity index (χ2v) is 4.46. The van der Waals surface area contributed by atoms with Gasteiger partial charge in [-0.2, -0.15) is 0 Å². The molecule has 3 nitrogen and oxygen atoms in total. The minimum atomic E-state index is 0.0188. The summed E-state index contributed by atoms with van der Waals surface area (Å²) in [5, 5.41) is 0. The van der Waals surface area contributed by atoms with Gasteiger partial charge in [-0.3, -0.25) is 4.79 Å². The SMILES string of the molecule is CC(C)C(N)CC(=O)C1CCOCC1. The maximum Gasteiger partial charge on any atom is 0.137 e.